The molecule has 0 atom stereocenters. The van der Waals surface area contributed by atoms with Gasteiger partial charge in [0.2, 0.25) is 0 Å². The van der Waals surface area contributed by atoms with Crippen LogP contribution in [-0.2, 0) is 0 Å². The van der Waals surface area contributed by atoms with Gasteiger partial charge in [-0.15, -0.1) is 0 Å². The van der Waals surface area contributed by atoms with E-state index in [1.807, 2.05) is 0 Å². The molecular weight excluding hydrogens is 289 g/mol. The van der Waals surface area contributed by atoms with Crippen molar-refractivity contribution in [3.63, 3.8) is 0 Å². The topological polar surface area (TPSA) is 18.5 Å². The van der Waals surface area contributed by atoms with Crippen LogP contribution < -0.4 is 9.47 Å². The first kappa shape index (κ1) is 13.2. The lowest BCUT2D eigenvalue weighted by atomic mass is 10.3. The quantitative estimate of drug-likeness (QED) is 0.845. The Morgan fingerprint density at radius 1 is 1.31 bits per heavy atom. The summed E-state index contributed by atoms with van der Waals surface area (Å²) in [6.45, 7) is 0.719. The maximum atomic E-state index is 12.0. The molecule has 0 unspecified atom stereocenters. The summed E-state index contributed by atoms with van der Waals surface area (Å²) in [6, 6.07) is 5.62. The van der Waals surface area contributed by atoms with Crippen molar-refractivity contribution >= 4 is 15.9 Å². The Morgan fingerprint density at radius 2 is 2.00 bits per heavy atom. The first-order valence-corrected chi connectivity index (χ1v) is 5.25. The molecule has 0 amide bonds. The number of hydrogen-bond donors (Lipinski definition) is 0. The van der Waals surface area contributed by atoms with Crippen molar-refractivity contribution in [2.24, 2.45) is 0 Å². The van der Waals surface area contributed by atoms with Crippen molar-refractivity contribution in [2.75, 3.05) is 13.2 Å². The van der Waals surface area contributed by atoms with Crippen LogP contribution in [0.2, 0.25) is 0 Å². The van der Waals surface area contributed by atoms with Gasteiger partial charge in [0.05, 0.1) is 11.1 Å². The third-order valence-corrected chi connectivity index (χ3v) is 2.13. The second kappa shape index (κ2) is 5.43. The van der Waals surface area contributed by atoms with Gasteiger partial charge in [0.15, 0.2) is 18.1 Å². The van der Waals surface area contributed by atoms with Crippen LogP contribution in [0.5, 0.6) is 11.5 Å². The molecule has 16 heavy (non-hydrogen) atoms. The fourth-order valence-corrected chi connectivity index (χ4v) is 1.44. The molecule has 0 aliphatic heterocycles. The highest BCUT2D eigenvalue weighted by atomic mass is 79.9. The van der Waals surface area contributed by atoms with E-state index in [0.717, 1.165) is 0 Å². The standard InChI is InChI=1S/C10H9BrF3O2/c1-2-15-8-5-3-4-7(11)9(8)16-6-10(12,13)14/h4-5H,2,6H2,1H3. The predicted octanol–water partition coefficient (Wildman–Crippen LogP) is 3.59. The van der Waals surface area contributed by atoms with Crippen LogP contribution in [0.25, 0.3) is 0 Å². The van der Waals surface area contributed by atoms with Crippen LogP contribution in [0, 0.1) is 6.07 Å². The minimum Gasteiger partial charge on any atom is -0.490 e. The summed E-state index contributed by atoms with van der Waals surface area (Å²) in [5, 5.41) is 0. The molecule has 0 aliphatic rings. The van der Waals surface area contributed by atoms with Gasteiger partial charge in [-0.3, -0.25) is 0 Å². The normalized spacial score (nSPS) is 11.3. The molecule has 6 heteroatoms. The van der Waals surface area contributed by atoms with Crippen LogP contribution in [0.3, 0.4) is 0 Å². The van der Waals surface area contributed by atoms with Gasteiger partial charge in [0.1, 0.15) is 0 Å². The highest BCUT2D eigenvalue weighted by molar-refractivity contribution is 9.10. The summed E-state index contributed by atoms with van der Waals surface area (Å²) in [6.07, 6.45) is -4.37. The van der Waals surface area contributed by atoms with Gasteiger partial charge in [-0.05, 0) is 41.1 Å². The van der Waals surface area contributed by atoms with Crippen LogP contribution in [-0.4, -0.2) is 19.4 Å². The summed E-state index contributed by atoms with van der Waals surface area (Å²) < 4.78 is 46.2. The van der Waals surface area contributed by atoms with Gasteiger partial charge >= 0.3 is 6.18 Å². The Bertz CT molecular complexity index is 352. The number of ether oxygens (including phenoxy) is 2. The summed E-state index contributed by atoms with van der Waals surface area (Å²) in [7, 11) is 0. The van der Waals surface area contributed by atoms with E-state index in [0.29, 0.717) is 11.1 Å². The van der Waals surface area contributed by atoms with Gasteiger partial charge in [0, 0.05) is 0 Å². The predicted molar refractivity (Wildman–Crippen MR) is 55.7 cm³/mol. The summed E-state index contributed by atoms with van der Waals surface area (Å²) in [4.78, 5) is 0. The van der Waals surface area contributed by atoms with Crippen molar-refractivity contribution in [1.82, 2.24) is 0 Å². The van der Waals surface area contributed by atoms with Gasteiger partial charge in [-0.1, -0.05) is 0 Å². The zero-order valence-corrected chi connectivity index (χ0v) is 9.98. The molecule has 89 valence electrons. The largest absolute Gasteiger partial charge is 0.490 e. The van der Waals surface area contributed by atoms with E-state index in [1.165, 1.54) is 12.1 Å². The van der Waals surface area contributed by atoms with Crippen LogP contribution >= 0.6 is 15.9 Å². The Kier molecular flexibility index (Phi) is 4.46. The van der Waals surface area contributed by atoms with Crippen LogP contribution in [0.1, 0.15) is 6.92 Å². The molecule has 0 heterocycles. The lowest BCUT2D eigenvalue weighted by Crippen LogP contribution is -2.19. The van der Waals surface area contributed by atoms with Gasteiger partial charge in [-0.25, -0.2) is 0 Å². The van der Waals surface area contributed by atoms with Crippen molar-refractivity contribution < 1.29 is 22.6 Å². The first-order chi connectivity index (χ1) is 7.44. The molecule has 0 spiro atoms. The first-order valence-electron chi connectivity index (χ1n) is 4.46. The average Bonchev–Trinajstić information content (AvgIpc) is 2.15. The molecule has 0 aliphatic carbocycles. The Labute approximate surface area is 99.5 Å². The monoisotopic (exact) mass is 297 g/mol. The minimum absolute atomic E-state index is 0.0397. The summed E-state index contributed by atoms with van der Waals surface area (Å²) in [5.74, 6) is 0.277. The molecule has 1 aromatic rings. The molecule has 0 saturated carbocycles. The van der Waals surface area contributed by atoms with E-state index < -0.39 is 12.8 Å². The molecule has 2 nitrogen and oxygen atoms in total. The summed E-state index contributed by atoms with van der Waals surface area (Å²) >= 11 is 3.08. The second-order valence-corrected chi connectivity index (χ2v) is 3.69. The summed E-state index contributed by atoms with van der Waals surface area (Å²) in [5.41, 5.74) is 0. The highest BCUT2D eigenvalue weighted by Gasteiger charge is 2.29. The molecule has 0 N–H and O–H groups in total. The van der Waals surface area contributed by atoms with Crippen LogP contribution in [0.15, 0.2) is 16.6 Å². The average molecular weight is 298 g/mol. The van der Waals surface area contributed by atoms with Crippen molar-refractivity contribution in [3.8, 4) is 11.5 Å². The van der Waals surface area contributed by atoms with Gasteiger partial charge in [0.25, 0.3) is 0 Å². The van der Waals surface area contributed by atoms with E-state index in [4.69, 9.17) is 4.74 Å². The van der Waals surface area contributed by atoms with Crippen LogP contribution in [0.4, 0.5) is 13.2 Å². The van der Waals surface area contributed by atoms with E-state index in [9.17, 15) is 13.2 Å². The molecule has 1 radical (unpaired) electrons. The maximum absolute atomic E-state index is 12.0. The Hall–Kier alpha value is -0.910. The third-order valence-electron chi connectivity index (χ3n) is 1.55. The second-order valence-electron chi connectivity index (χ2n) is 2.83. The Morgan fingerprint density at radius 3 is 2.56 bits per heavy atom. The number of alkyl halides is 3. The fourth-order valence-electron chi connectivity index (χ4n) is 0.996. The molecule has 0 bridgehead atoms. The molecule has 0 saturated heterocycles. The van der Waals surface area contributed by atoms with Crippen molar-refractivity contribution in [1.29, 1.82) is 0 Å². The lowest BCUT2D eigenvalue weighted by Gasteiger charge is -2.14. The molecular formula is C10H9BrF3O2. The highest BCUT2D eigenvalue weighted by Crippen LogP contribution is 2.35. The van der Waals surface area contributed by atoms with Crippen molar-refractivity contribution in [2.45, 2.75) is 13.1 Å². The molecule has 1 rings (SSSR count). The maximum Gasteiger partial charge on any atom is 0.422 e. The number of halogens is 4. The fraction of sp³-hybridized carbons (Fsp3) is 0.400. The Balaban J connectivity index is 2.84. The third kappa shape index (κ3) is 3.92. The van der Waals surface area contributed by atoms with E-state index in [2.05, 4.69) is 26.7 Å². The van der Waals surface area contributed by atoms with E-state index >= 15 is 0 Å². The minimum atomic E-state index is -4.37. The van der Waals surface area contributed by atoms with E-state index in [1.54, 1.807) is 6.92 Å². The molecule has 0 aromatic heterocycles. The number of benzene rings is 1. The molecule has 0 fully saturated rings. The van der Waals surface area contributed by atoms with Gasteiger partial charge in [-0.2, -0.15) is 13.2 Å². The van der Waals surface area contributed by atoms with E-state index in [-0.39, 0.29) is 11.5 Å². The molecule has 1 aromatic carbocycles. The number of hydrogen-bond acceptors (Lipinski definition) is 2. The smallest absolute Gasteiger partial charge is 0.422 e. The SMILES string of the molecule is CCOc1c[c]cc(Br)c1OCC(F)(F)F. The zero-order chi connectivity index (χ0) is 12.2. The lowest BCUT2D eigenvalue weighted by molar-refractivity contribution is -0.153. The zero-order valence-electron chi connectivity index (χ0n) is 8.40. The number of rotatable bonds is 4. The van der Waals surface area contributed by atoms with Gasteiger partial charge < -0.3 is 9.47 Å². The van der Waals surface area contributed by atoms with Crippen molar-refractivity contribution in [3.05, 3.63) is 22.7 Å².